The van der Waals surface area contributed by atoms with Crippen LogP contribution in [0.15, 0.2) is 12.1 Å². The van der Waals surface area contributed by atoms with Crippen molar-refractivity contribution in [1.29, 1.82) is 5.26 Å². The van der Waals surface area contributed by atoms with E-state index < -0.39 is 21.7 Å². The van der Waals surface area contributed by atoms with Gasteiger partial charge in [-0.1, -0.05) is 0 Å². The maximum atomic E-state index is 13.5. The first-order valence-electron chi connectivity index (χ1n) is 5.87. The van der Waals surface area contributed by atoms with Gasteiger partial charge in [-0.2, -0.15) is 5.26 Å². The van der Waals surface area contributed by atoms with Crippen molar-refractivity contribution >= 4 is 10.0 Å². The van der Waals surface area contributed by atoms with Crippen LogP contribution in [0.25, 0.3) is 0 Å². The summed E-state index contributed by atoms with van der Waals surface area (Å²) in [5, 5.41) is 11.4. The van der Waals surface area contributed by atoms with Crippen LogP contribution in [0.3, 0.4) is 0 Å². The van der Waals surface area contributed by atoms with Crippen LogP contribution < -0.4 is 10.0 Å². The molecule has 0 aliphatic carbocycles. The predicted octanol–water partition coefficient (Wildman–Crippen LogP) is 0.865. The van der Waals surface area contributed by atoms with Crippen molar-refractivity contribution in [3.63, 3.8) is 0 Å². The smallest absolute Gasteiger partial charge is 0.208 e. The van der Waals surface area contributed by atoms with E-state index in [9.17, 15) is 17.2 Å². The number of nitrogens with zero attached hydrogens (tertiary/aromatic N) is 1. The largest absolute Gasteiger partial charge is 0.312 e. The SMILES string of the molecule is CS(=O)(=O)NCCCNCc1c(F)cc(C#N)cc1F. The molecule has 0 radical (unpaired) electrons. The second-order valence-electron chi connectivity index (χ2n) is 4.23. The zero-order valence-electron chi connectivity index (χ0n) is 10.9. The third-order valence-corrected chi connectivity index (χ3v) is 3.19. The van der Waals surface area contributed by atoms with Crippen LogP contribution in [0.2, 0.25) is 0 Å². The Morgan fingerprint density at radius 1 is 1.25 bits per heavy atom. The molecule has 0 fully saturated rings. The quantitative estimate of drug-likeness (QED) is 0.732. The van der Waals surface area contributed by atoms with Crippen molar-refractivity contribution in [2.75, 3.05) is 19.3 Å². The Balaban J connectivity index is 2.42. The Labute approximate surface area is 116 Å². The first kappa shape index (κ1) is 16.5. The van der Waals surface area contributed by atoms with Crippen LogP contribution in [0, 0.1) is 23.0 Å². The highest BCUT2D eigenvalue weighted by Crippen LogP contribution is 2.14. The Morgan fingerprint density at radius 2 is 1.85 bits per heavy atom. The topological polar surface area (TPSA) is 82.0 Å². The number of hydrogen-bond acceptors (Lipinski definition) is 4. The highest BCUT2D eigenvalue weighted by molar-refractivity contribution is 7.88. The lowest BCUT2D eigenvalue weighted by Gasteiger charge is -2.08. The van der Waals surface area contributed by atoms with Gasteiger partial charge in [-0.15, -0.1) is 0 Å². The summed E-state index contributed by atoms with van der Waals surface area (Å²) < 4.78 is 50.9. The number of nitriles is 1. The summed E-state index contributed by atoms with van der Waals surface area (Å²) in [4.78, 5) is 0. The predicted molar refractivity (Wildman–Crippen MR) is 70.2 cm³/mol. The zero-order chi connectivity index (χ0) is 15.2. The number of halogens is 2. The Kier molecular flexibility index (Phi) is 6.01. The fraction of sp³-hybridized carbons (Fsp3) is 0.417. The number of hydrogen-bond donors (Lipinski definition) is 2. The number of benzene rings is 1. The van der Waals surface area contributed by atoms with Gasteiger partial charge in [0, 0.05) is 18.7 Å². The normalized spacial score (nSPS) is 11.3. The summed E-state index contributed by atoms with van der Waals surface area (Å²) in [7, 11) is -3.21. The summed E-state index contributed by atoms with van der Waals surface area (Å²) in [5.74, 6) is -1.55. The van der Waals surface area contributed by atoms with Gasteiger partial charge >= 0.3 is 0 Å². The molecule has 0 aliphatic rings. The molecule has 1 aromatic carbocycles. The molecule has 5 nitrogen and oxygen atoms in total. The van der Waals surface area contributed by atoms with Crippen molar-refractivity contribution in [2.45, 2.75) is 13.0 Å². The molecule has 20 heavy (non-hydrogen) atoms. The summed E-state index contributed by atoms with van der Waals surface area (Å²) in [6.45, 7) is 0.633. The van der Waals surface area contributed by atoms with Crippen LogP contribution in [-0.4, -0.2) is 27.8 Å². The van der Waals surface area contributed by atoms with E-state index in [4.69, 9.17) is 5.26 Å². The van der Waals surface area contributed by atoms with Crippen molar-refractivity contribution in [2.24, 2.45) is 0 Å². The molecule has 110 valence electrons. The minimum atomic E-state index is -3.21. The van der Waals surface area contributed by atoms with Crippen molar-refractivity contribution in [1.82, 2.24) is 10.0 Å². The summed E-state index contributed by atoms with van der Waals surface area (Å²) >= 11 is 0. The van der Waals surface area contributed by atoms with Gasteiger partial charge in [0.25, 0.3) is 0 Å². The third kappa shape index (κ3) is 5.61. The minimum Gasteiger partial charge on any atom is -0.312 e. The molecular weight excluding hydrogens is 288 g/mol. The Hall–Kier alpha value is -1.56. The molecule has 0 heterocycles. The first-order valence-corrected chi connectivity index (χ1v) is 7.76. The molecule has 0 atom stereocenters. The van der Waals surface area contributed by atoms with E-state index in [1.807, 2.05) is 0 Å². The maximum absolute atomic E-state index is 13.5. The Morgan fingerprint density at radius 3 is 2.35 bits per heavy atom. The van der Waals surface area contributed by atoms with E-state index >= 15 is 0 Å². The molecule has 0 amide bonds. The molecule has 2 N–H and O–H groups in total. The van der Waals surface area contributed by atoms with Gasteiger partial charge < -0.3 is 5.32 Å². The highest BCUT2D eigenvalue weighted by atomic mass is 32.2. The molecule has 0 saturated heterocycles. The van der Waals surface area contributed by atoms with Gasteiger partial charge in [0.15, 0.2) is 0 Å². The van der Waals surface area contributed by atoms with Gasteiger partial charge in [-0.25, -0.2) is 21.9 Å². The number of rotatable bonds is 7. The molecule has 8 heteroatoms. The average Bonchev–Trinajstić information content (AvgIpc) is 2.34. The van der Waals surface area contributed by atoms with Crippen molar-refractivity contribution < 1.29 is 17.2 Å². The summed E-state index contributed by atoms with van der Waals surface area (Å²) in [6, 6.07) is 3.62. The minimum absolute atomic E-state index is 0.0255. The maximum Gasteiger partial charge on any atom is 0.208 e. The second-order valence-corrected chi connectivity index (χ2v) is 6.06. The molecule has 0 saturated carbocycles. The van der Waals surface area contributed by atoms with Crippen LogP contribution in [0.5, 0.6) is 0 Å². The van der Waals surface area contributed by atoms with E-state index in [1.165, 1.54) is 0 Å². The lowest BCUT2D eigenvalue weighted by atomic mass is 10.1. The van der Waals surface area contributed by atoms with E-state index in [0.717, 1.165) is 18.4 Å². The summed E-state index contributed by atoms with van der Waals surface area (Å²) in [6.07, 6.45) is 1.55. The van der Waals surface area contributed by atoms with Crippen molar-refractivity contribution in [3.05, 3.63) is 34.9 Å². The van der Waals surface area contributed by atoms with E-state index in [0.29, 0.717) is 13.0 Å². The van der Waals surface area contributed by atoms with Gasteiger partial charge in [0.2, 0.25) is 10.0 Å². The Bertz CT molecular complexity index is 589. The van der Waals surface area contributed by atoms with Crippen molar-refractivity contribution in [3.8, 4) is 6.07 Å². The van der Waals surface area contributed by atoms with Crippen LogP contribution in [0.4, 0.5) is 8.78 Å². The lowest BCUT2D eigenvalue weighted by molar-refractivity contribution is 0.531. The molecule has 1 aromatic rings. The first-order chi connectivity index (χ1) is 9.33. The molecule has 0 aromatic heterocycles. The average molecular weight is 303 g/mol. The van der Waals surface area contributed by atoms with Gasteiger partial charge in [-0.3, -0.25) is 0 Å². The highest BCUT2D eigenvalue weighted by Gasteiger charge is 2.10. The fourth-order valence-corrected chi connectivity index (χ4v) is 2.04. The second kappa shape index (κ2) is 7.28. The van der Waals surface area contributed by atoms with Crippen LogP contribution in [-0.2, 0) is 16.6 Å². The summed E-state index contributed by atoms with van der Waals surface area (Å²) in [5.41, 5.74) is -0.207. The zero-order valence-corrected chi connectivity index (χ0v) is 11.7. The van der Waals surface area contributed by atoms with E-state index in [2.05, 4.69) is 10.0 Å². The van der Waals surface area contributed by atoms with Crippen LogP contribution in [0.1, 0.15) is 17.5 Å². The van der Waals surface area contributed by atoms with E-state index in [1.54, 1.807) is 6.07 Å². The number of nitrogens with one attached hydrogen (secondary N) is 2. The van der Waals surface area contributed by atoms with Gasteiger partial charge in [0.05, 0.1) is 17.9 Å². The monoisotopic (exact) mass is 303 g/mol. The number of sulfonamides is 1. The van der Waals surface area contributed by atoms with E-state index in [-0.39, 0.29) is 24.2 Å². The standard InChI is InChI=1S/C12H15F2N3O2S/c1-20(18,19)17-4-2-3-16-8-10-11(13)5-9(7-15)6-12(10)14/h5-6,16-17H,2-4,8H2,1H3. The molecule has 0 unspecified atom stereocenters. The molecule has 0 aliphatic heterocycles. The van der Waals surface area contributed by atoms with Gasteiger partial charge in [-0.05, 0) is 25.1 Å². The molecule has 1 rings (SSSR count). The molecule has 0 bridgehead atoms. The van der Waals surface area contributed by atoms with Crippen LogP contribution >= 0.6 is 0 Å². The lowest BCUT2D eigenvalue weighted by Crippen LogP contribution is -2.26. The van der Waals surface area contributed by atoms with Gasteiger partial charge in [0.1, 0.15) is 11.6 Å². The third-order valence-electron chi connectivity index (χ3n) is 2.47. The molecule has 0 spiro atoms. The fourth-order valence-electron chi connectivity index (χ4n) is 1.52. The molecular formula is C12H15F2N3O2S.